The lowest BCUT2D eigenvalue weighted by atomic mass is 10.1. The van der Waals surface area contributed by atoms with Crippen LogP contribution < -0.4 is 10.6 Å². The van der Waals surface area contributed by atoms with Gasteiger partial charge in [-0.05, 0) is 18.1 Å². The number of nitrogens with one attached hydrogen (secondary N) is 3. The number of hydrogen-bond acceptors (Lipinski definition) is 3. The first-order chi connectivity index (χ1) is 9.26. The fourth-order valence-corrected chi connectivity index (χ4v) is 2.28. The molecule has 3 rings (SSSR count). The molecule has 1 aromatic heterocycles. The third-order valence-electron chi connectivity index (χ3n) is 3.35. The second kappa shape index (κ2) is 4.76. The van der Waals surface area contributed by atoms with Crippen molar-refractivity contribution in [2.45, 2.75) is 25.8 Å². The molecule has 0 aliphatic carbocycles. The number of para-hydroxylation sites is 1. The van der Waals surface area contributed by atoms with Gasteiger partial charge in [0.05, 0.1) is 0 Å². The Morgan fingerprint density at radius 1 is 1.47 bits per heavy atom. The van der Waals surface area contributed by atoms with Gasteiger partial charge in [0.15, 0.2) is 5.82 Å². The summed E-state index contributed by atoms with van der Waals surface area (Å²) >= 11 is 0. The Balaban J connectivity index is 1.66. The minimum Gasteiger partial charge on any atom is -0.373 e. The van der Waals surface area contributed by atoms with E-state index in [2.05, 4.69) is 20.8 Å². The zero-order chi connectivity index (χ0) is 13.2. The minimum absolute atomic E-state index is 0.0506. The fourth-order valence-electron chi connectivity index (χ4n) is 2.28. The molecule has 2 heterocycles. The Kier molecular flexibility index (Phi) is 2.95. The van der Waals surface area contributed by atoms with Crippen molar-refractivity contribution in [1.29, 1.82) is 0 Å². The average Bonchev–Trinajstić information content (AvgIpc) is 3.04. The molecule has 5 heteroatoms. The Morgan fingerprint density at radius 2 is 2.32 bits per heavy atom. The van der Waals surface area contributed by atoms with Crippen molar-refractivity contribution in [2.75, 3.05) is 10.6 Å². The molecule has 1 aliphatic heterocycles. The highest BCUT2D eigenvalue weighted by molar-refractivity contribution is 5.97. The van der Waals surface area contributed by atoms with Gasteiger partial charge in [-0.25, -0.2) is 0 Å². The number of carbonyl (C=O) groups excluding carboxylic acids is 1. The number of carbonyl (C=O) groups is 1. The summed E-state index contributed by atoms with van der Waals surface area (Å²) < 4.78 is 0. The summed E-state index contributed by atoms with van der Waals surface area (Å²) in [7, 11) is 0. The van der Waals surface area contributed by atoms with Crippen molar-refractivity contribution in [3.63, 3.8) is 0 Å². The van der Waals surface area contributed by atoms with Crippen LogP contribution in [0.1, 0.15) is 18.2 Å². The molecule has 0 spiro atoms. The largest absolute Gasteiger partial charge is 0.373 e. The second-order valence-electron chi connectivity index (χ2n) is 4.68. The highest BCUT2D eigenvalue weighted by Gasteiger charge is 2.26. The molecule has 0 saturated heterocycles. The van der Waals surface area contributed by atoms with Gasteiger partial charge < -0.3 is 10.6 Å². The molecule has 0 bridgehead atoms. The number of aryl methyl sites for hydroxylation is 1. The van der Waals surface area contributed by atoms with Gasteiger partial charge in [-0.2, -0.15) is 5.10 Å². The number of anilines is 2. The molecule has 98 valence electrons. The second-order valence-corrected chi connectivity index (χ2v) is 4.68. The van der Waals surface area contributed by atoms with Crippen molar-refractivity contribution in [2.24, 2.45) is 0 Å². The lowest BCUT2D eigenvalue weighted by molar-refractivity contribution is -0.116. The monoisotopic (exact) mass is 256 g/mol. The molecule has 1 amide bonds. The van der Waals surface area contributed by atoms with E-state index < -0.39 is 0 Å². The van der Waals surface area contributed by atoms with Crippen LogP contribution in [0.3, 0.4) is 0 Å². The summed E-state index contributed by atoms with van der Waals surface area (Å²) in [5, 5.41) is 13.0. The SMILES string of the molecule is CCc1cc(NC(=O)C2Cc3ccccc3N2)n[nH]1. The molecule has 0 saturated carbocycles. The third-order valence-corrected chi connectivity index (χ3v) is 3.35. The van der Waals surface area contributed by atoms with Crippen LogP contribution in [0.4, 0.5) is 11.5 Å². The summed E-state index contributed by atoms with van der Waals surface area (Å²) in [5.74, 6) is 0.532. The Hall–Kier alpha value is -2.30. The molecule has 19 heavy (non-hydrogen) atoms. The highest BCUT2D eigenvalue weighted by atomic mass is 16.2. The van der Waals surface area contributed by atoms with E-state index in [1.54, 1.807) is 0 Å². The molecular formula is C14H16N4O. The third kappa shape index (κ3) is 2.31. The van der Waals surface area contributed by atoms with Gasteiger partial charge >= 0.3 is 0 Å². The van der Waals surface area contributed by atoms with Crippen molar-refractivity contribution in [1.82, 2.24) is 10.2 Å². The molecule has 1 atom stereocenters. The van der Waals surface area contributed by atoms with Crippen molar-refractivity contribution < 1.29 is 4.79 Å². The van der Waals surface area contributed by atoms with Crippen LogP contribution in [0, 0.1) is 0 Å². The van der Waals surface area contributed by atoms with E-state index in [4.69, 9.17) is 0 Å². The van der Waals surface area contributed by atoms with Gasteiger partial charge in [0.1, 0.15) is 6.04 Å². The Labute approximate surface area is 111 Å². The fraction of sp³-hybridized carbons (Fsp3) is 0.286. The van der Waals surface area contributed by atoms with E-state index in [0.29, 0.717) is 12.2 Å². The maximum absolute atomic E-state index is 12.2. The van der Waals surface area contributed by atoms with Crippen LogP contribution in [-0.4, -0.2) is 22.1 Å². The average molecular weight is 256 g/mol. The minimum atomic E-state index is -0.223. The summed E-state index contributed by atoms with van der Waals surface area (Å²) in [6, 6.07) is 9.63. The van der Waals surface area contributed by atoms with Crippen LogP contribution in [0.25, 0.3) is 0 Å². The van der Waals surface area contributed by atoms with Crippen LogP contribution in [0.5, 0.6) is 0 Å². The van der Waals surface area contributed by atoms with E-state index in [0.717, 1.165) is 17.8 Å². The highest BCUT2D eigenvalue weighted by Crippen LogP contribution is 2.25. The number of benzene rings is 1. The summed E-state index contributed by atoms with van der Waals surface area (Å²) in [4.78, 5) is 12.2. The van der Waals surface area contributed by atoms with Gasteiger partial charge in [-0.1, -0.05) is 25.1 Å². The number of aromatic nitrogens is 2. The zero-order valence-corrected chi connectivity index (χ0v) is 10.7. The number of aromatic amines is 1. The quantitative estimate of drug-likeness (QED) is 0.786. The maximum atomic E-state index is 12.2. The van der Waals surface area contributed by atoms with E-state index in [1.165, 1.54) is 5.56 Å². The normalized spacial score (nSPS) is 16.8. The first-order valence-electron chi connectivity index (χ1n) is 6.46. The lowest BCUT2D eigenvalue weighted by Crippen LogP contribution is -2.32. The summed E-state index contributed by atoms with van der Waals surface area (Å²) in [6.45, 7) is 2.04. The Bertz CT molecular complexity index is 580. The van der Waals surface area contributed by atoms with Crippen molar-refractivity contribution in [3.8, 4) is 0 Å². The molecular weight excluding hydrogens is 240 g/mol. The molecule has 1 aliphatic rings. The number of H-pyrrole nitrogens is 1. The van der Waals surface area contributed by atoms with Gasteiger partial charge in [0.25, 0.3) is 0 Å². The number of hydrogen-bond donors (Lipinski definition) is 3. The predicted molar refractivity (Wildman–Crippen MR) is 74.2 cm³/mol. The van der Waals surface area contributed by atoms with E-state index in [1.807, 2.05) is 37.3 Å². The predicted octanol–water partition coefficient (Wildman–Crippen LogP) is 1.95. The number of amides is 1. The molecule has 5 nitrogen and oxygen atoms in total. The topological polar surface area (TPSA) is 69.8 Å². The van der Waals surface area contributed by atoms with Gasteiger partial charge in [0.2, 0.25) is 5.91 Å². The smallest absolute Gasteiger partial charge is 0.248 e. The standard InChI is InChI=1S/C14H16N4O/c1-2-10-8-13(18-17-10)16-14(19)12-7-9-5-3-4-6-11(9)15-12/h3-6,8,12,15H,2,7H2,1H3,(H2,16,17,18,19). The molecule has 0 radical (unpaired) electrons. The van der Waals surface area contributed by atoms with Gasteiger partial charge in [-0.3, -0.25) is 9.89 Å². The van der Waals surface area contributed by atoms with E-state index in [9.17, 15) is 4.79 Å². The first kappa shape index (κ1) is 11.8. The van der Waals surface area contributed by atoms with E-state index in [-0.39, 0.29) is 11.9 Å². The zero-order valence-electron chi connectivity index (χ0n) is 10.7. The molecule has 1 aromatic carbocycles. The maximum Gasteiger partial charge on any atom is 0.248 e. The van der Waals surface area contributed by atoms with Crippen LogP contribution in [-0.2, 0) is 17.6 Å². The summed E-state index contributed by atoms with van der Waals surface area (Å²) in [6.07, 6.45) is 1.59. The number of rotatable bonds is 3. The van der Waals surface area contributed by atoms with Crippen LogP contribution in [0.2, 0.25) is 0 Å². The molecule has 3 N–H and O–H groups in total. The molecule has 0 fully saturated rings. The van der Waals surface area contributed by atoms with Crippen molar-refractivity contribution >= 4 is 17.4 Å². The van der Waals surface area contributed by atoms with E-state index >= 15 is 0 Å². The van der Waals surface area contributed by atoms with Crippen LogP contribution >= 0.6 is 0 Å². The number of nitrogens with zero attached hydrogens (tertiary/aromatic N) is 1. The van der Waals surface area contributed by atoms with Gasteiger partial charge in [-0.15, -0.1) is 0 Å². The van der Waals surface area contributed by atoms with Crippen LogP contribution in [0.15, 0.2) is 30.3 Å². The molecule has 1 unspecified atom stereocenters. The summed E-state index contributed by atoms with van der Waals surface area (Å²) in [5.41, 5.74) is 3.23. The lowest BCUT2D eigenvalue weighted by Gasteiger charge is -2.09. The Morgan fingerprint density at radius 3 is 3.05 bits per heavy atom. The number of fused-ring (bicyclic) bond motifs is 1. The van der Waals surface area contributed by atoms with Crippen molar-refractivity contribution in [3.05, 3.63) is 41.6 Å². The van der Waals surface area contributed by atoms with Gasteiger partial charge in [0, 0.05) is 23.9 Å². The first-order valence-corrected chi connectivity index (χ1v) is 6.46. The molecule has 2 aromatic rings.